The van der Waals surface area contributed by atoms with Crippen molar-refractivity contribution in [2.24, 2.45) is 11.3 Å². The summed E-state index contributed by atoms with van der Waals surface area (Å²) in [6.45, 7) is 4.47. The molecule has 1 heterocycles. The van der Waals surface area contributed by atoms with Crippen molar-refractivity contribution in [2.45, 2.75) is 32.2 Å². The Morgan fingerprint density at radius 2 is 1.89 bits per heavy atom. The molecule has 1 aliphatic carbocycles. The molecule has 0 bridgehead atoms. The third kappa shape index (κ3) is 6.83. The maximum absolute atomic E-state index is 12.4. The van der Waals surface area contributed by atoms with Crippen molar-refractivity contribution in [1.82, 2.24) is 15.5 Å². The average Bonchev–Trinajstić information content (AvgIpc) is 3.31. The summed E-state index contributed by atoms with van der Waals surface area (Å²) >= 11 is 0. The summed E-state index contributed by atoms with van der Waals surface area (Å²) in [7, 11) is 4.13. The zero-order chi connectivity index (χ0) is 17.7. The number of carbonyl (C=O) groups excluding carboxylic acids is 1. The van der Waals surface area contributed by atoms with Gasteiger partial charge in [0, 0.05) is 19.0 Å². The third-order valence-electron chi connectivity index (χ3n) is 5.51. The van der Waals surface area contributed by atoms with Crippen LogP contribution in [0, 0.1) is 11.3 Å². The van der Waals surface area contributed by atoms with E-state index in [1.54, 1.807) is 0 Å². The summed E-state index contributed by atoms with van der Waals surface area (Å²) in [5, 5.41) is 6.49. The molecule has 1 saturated carbocycles. The number of rotatable bonds is 8. The lowest BCUT2D eigenvalue weighted by Crippen LogP contribution is -2.33. The highest BCUT2D eigenvalue weighted by atomic mass is 35.5. The first-order valence-electron chi connectivity index (χ1n) is 9.44. The van der Waals surface area contributed by atoms with Gasteiger partial charge in [0.05, 0.1) is 6.61 Å². The van der Waals surface area contributed by atoms with E-state index in [1.165, 1.54) is 0 Å². The average molecular weight is 418 g/mol. The first kappa shape index (κ1) is 24.0. The Morgan fingerprint density at radius 3 is 2.52 bits per heavy atom. The first-order valence-corrected chi connectivity index (χ1v) is 9.44. The maximum atomic E-state index is 12.4. The van der Waals surface area contributed by atoms with Crippen LogP contribution in [0.4, 0.5) is 0 Å². The number of amides is 1. The molecule has 1 aromatic rings. The SMILES string of the molecule is CN(C)CCCOc1ccc(CNC(=O)C2CC23CCNCC3)cc1.Cl.Cl. The van der Waals surface area contributed by atoms with E-state index in [4.69, 9.17) is 4.74 Å². The smallest absolute Gasteiger partial charge is 0.223 e. The molecular formula is C20H33Cl2N3O2. The van der Waals surface area contributed by atoms with Crippen LogP contribution >= 0.6 is 24.8 Å². The lowest BCUT2D eigenvalue weighted by Gasteiger charge is -2.23. The topological polar surface area (TPSA) is 53.6 Å². The summed E-state index contributed by atoms with van der Waals surface area (Å²) in [5.41, 5.74) is 1.42. The minimum Gasteiger partial charge on any atom is -0.494 e. The Labute approximate surface area is 175 Å². The van der Waals surface area contributed by atoms with E-state index in [2.05, 4.69) is 29.6 Å². The quantitative estimate of drug-likeness (QED) is 0.638. The van der Waals surface area contributed by atoms with Gasteiger partial charge in [0.25, 0.3) is 0 Å². The molecule has 1 spiro atoms. The number of benzene rings is 1. The minimum absolute atomic E-state index is 0. The van der Waals surface area contributed by atoms with E-state index in [0.717, 1.165) is 63.2 Å². The molecule has 1 atom stereocenters. The molecule has 3 rings (SSSR count). The number of nitrogens with zero attached hydrogens (tertiary/aromatic N) is 1. The molecular weight excluding hydrogens is 385 g/mol. The number of ether oxygens (including phenoxy) is 1. The number of carbonyl (C=O) groups is 1. The number of halogens is 2. The minimum atomic E-state index is 0. The van der Waals surface area contributed by atoms with Crippen LogP contribution in [0.5, 0.6) is 5.75 Å². The van der Waals surface area contributed by atoms with Crippen molar-refractivity contribution in [3.63, 3.8) is 0 Å². The fourth-order valence-corrected chi connectivity index (χ4v) is 3.78. The summed E-state index contributed by atoms with van der Waals surface area (Å²) in [5.74, 6) is 1.35. The van der Waals surface area contributed by atoms with Crippen molar-refractivity contribution in [1.29, 1.82) is 0 Å². The Kier molecular flexibility index (Phi) is 9.88. The van der Waals surface area contributed by atoms with Crippen LogP contribution in [0.15, 0.2) is 24.3 Å². The first-order chi connectivity index (χ1) is 12.1. The molecule has 1 amide bonds. The highest BCUT2D eigenvalue weighted by Gasteiger charge is 2.57. The van der Waals surface area contributed by atoms with Gasteiger partial charge in [-0.15, -0.1) is 24.8 Å². The van der Waals surface area contributed by atoms with Crippen LogP contribution in [-0.2, 0) is 11.3 Å². The second-order valence-electron chi connectivity index (χ2n) is 7.74. The van der Waals surface area contributed by atoms with Crippen LogP contribution in [0.2, 0.25) is 0 Å². The molecule has 0 aromatic heterocycles. The molecule has 5 nitrogen and oxygen atoms in total. The van der Waals surface area contributed by atoms with E-state index in [9.17, 15) is 4.79 Å². The molecule has 2 N–H and O–H groups in total. The predicted octanol–water partition coefficient (Wildman–Crippen LogP) is 2.87. The van der Waals surface area contributed by atoms with Crippen molar-refractivity contribution < 1.29 is 9.53 Å². The highest BCUT2D eigenvalue weighted by Crippen LogP contribution is 2.58. The van der Waals surface area contributed by atoms with Gasteiger partial charge in [-0.25, -0.2) is 0 Å². The molecule has 27 heavy (non-hydrogen) atoms. The largest absolute Gasteiger partial charge is 0.494 e. The predicted molar refractivity (Wildman–Crippen MR) is 114 cm³/mol. The molecule has 0 radical (unpaired) electrons. The van der Waals surface area contributed by atoms with Crippen molar-refractivity contribution in [2.75, 3.05) is 40.3 Å². The van der Waals surface area contributed by atoms with E-state index < -0.39 is 0 Å². The van der Waals surface area contributed by atoms with Crippen LogP contribution in [-0.4, -0.2) is 51.1 Å². The number of hydrogen-bond donors (Lipinski definition) is 2. The third-order valence-corrected chi connectivity index (χ3v) is 5.51. The van der Waals surface area contributed by atoms with Crippen molar-refractivity contribution in [3.8, 4) is 5.75 Å². The summed E-state index contributed by atoms with van der Waals surface area (Å²) in [6, 6.07) is 8.05. The normalized spacial score (nSPS) is 19.7. The molecule has 1 aromatic carbocycles. The van der Waals surface area contributed by atoms with E-state index in [-0.39, 0.29) is 36.6 Å². The zero-order valence-electron chi connectivity index (χ0n) is 16.3. The summed E-state index contributed by atoms with van der Waals surface area (Å²) in [4.78, 5) is 14.5. The number of piperidine rings is 1. The second-order valence-corrected chi connectivity index (χ2v) is 7.74. The molecule has 2 aliphatic rings. The van der Waals surface area contributed by atoms with Crippen LogP contribution in [0.1, 0.15) is 31.2 Å². The molecule has 1 aliphatic heterocycles. The highest BCUT2D eigenvalue weighted by molar-refractivity contribution is 5.85. The molecule has 2 fully saturated rings. The van der Waals surface area contributed by atoms with Crippen molar-refractivity contribution in [3.05, 3.63) is 29.8 Å². The maximum Gasteiger partial charge on any atom is 0.223 e. The monoisotopic (exact) mass is 417 g/mol. The number of hydrogen-bond acceptors (Lipinski definition) is 4. The Bertz CT molecular complexity index is 575. The van der Waals surface area contributed by atoms with Gasteiger partial charge in [0.1, 0.15) is 5.75 Å². The standard InChI is InChI=1S/C20H31N3O2.2ClH/c1-23(2)12-3-13-25-17-6-4-16(5-7-17)15-22-19(24)18-14-20(18)8-10-21-11-9-20;;/h4-7,18,21H,3,8-15H2,1-2H3,(H,22,24);2*1H. The van der Waals surface area contributed by atoms with Gasteiger partial charge in [0.2, 0.25) is 5.91 Å². The fraction of sp³-hybridized carbons (Fsp3) is 0.650. The summed E-state index contributed by atoms with van der Waals surface area (Å²) in [6.07, 6.45) is 4.37. The molecule has 1 unspecified atom stereocenters. The van der Waals surface area contributed by atoms with Gasteiger partial charge in [-0.3, -0.25) is 4.79 Å². The number of nitrogens with one attached hydrogen (secondary N) is 2. The van der Waals surface area contributed by atoms with E-state index >= 15 is 0 Å². The lowest BCUT2D eigenvalue weighted by molar-refractivity contribution is -0.123. The fourth-order valence-electron chi connectivity index (χ4n) is 3.78. The zero-order valence-corrected chi connectivity index (χ0v) is 18.0. The van der Waals surface area contributed by atoms with Gasteiger partial charge in [-0.1, -0.05) is 12.1 Å². The van der Waals surface area contributed by atoms with E-state index in [0.29, 0.717) is 12.0 Å². The Balaban J connectivity index is 0.00000182. The molecule has 1 saturated heterocycles. The molecule has 154 valence electrons. The van der Waals surface area contributed by atoms with Gasteiger partial charge in [-0.05, 0) is 76.0 Å². The van der Waals surface area contributed by atoms with E-state index in [1.807, 2.05) is 24.3 Å². The Hall–Kier alpha value is -1.01. The van der Waals surface area contributed by atoms with Gasteiger partial charge >= 0.3 is 0 Å². The second kappa shape index (κ2) is 11.1. The molecule has 7 heteroatoms. The van der Waals surface area contributed by atoms with Gasteiger partial charge < -0.3 is 20.3 Å². The van der Waals surface area contributed by atoms with Gasteiger partial charge in [-0.2, -0.15) is 0 Å². The van der Waals surface area contributed by atoms with Crippen LogP contribution < -0.4 is 15.4 Å². The van der Waals surface area contributed by atoms with Gasteiger partial charge in [0.15, 0.2) is 0 Å². The summed E-state index contributed by atoms with van der Waals surface area (Å²) < 4.78 is 5.74. The Morgan fingerprint density at radius 1 is 1.22 bits per heavy atom. The van der Waals surface area contributed by atoms with Crippen LogP contribution in [0.3, 0.4) is 0 Å². The van der Waals surface area contributed by atoms with Crippen molar-refractivity contribution >= 4 is 30.7 Å². The lowest BCUT2D eigenvalue weighted by atomic mass is 9.92. The van der Waals surface area contributed by atoms with Crippen LogP contribution in [0.25, 0.3) is 0 Å².